The molecule has 0 fully saturated rings. The molecule has 3 heteroatoms. The molecular weight excluding hydrogens is 222 g/mol. The fourth-order valence-electron chi connectivity index (χ4n) is 2.04. The van der Waals surface area contributed by atoms with Crippen LogP contribution in [0.1, 0.15) is 25.1 Å². The second-order valence-corrected chi connectivity index (χ2v) is 4.96. The average Bonchev–Trinajstić information content (AvgIpc) is 2.70. The molecule has 1 aromatic heterocycles. The van der Waals surface area contributed by atoms with E-state index in [2.05, 4.69) is 37.0 Å². The summed E-state index contributed by atoms with van der Waals surface area (Å²) >= 11 is 0. The quantitative estimate of drug-likeness (QED) is 0.825. The number of rotatable bonds is 3. The summed E-state index contributed by atoms with van der Waals surface area (Å²) in [7, 11) is 1.84. The van der Waals surface area contributed by atoms with Crippen LogP contribution in [0.2, 0.25) is 0 Å². The third-order valence-electron chi connectivity index (χ3n) is 2.91. The standard InChI is InChI=1S/C15H17N3/c1-11(2)8-12-4-6-13(7-5-12)15-14(9-16)18(3)10-17-15/h4-7,10-11H,8H2,1-3H3. The Morgan fingerprint density at radius 2 is 1.94 bits per heavy atom. The number of nitriles is 1. The predicted molar refractivity (Wildman–Crippen MR) is 71.9 cm³/mol. The Kier molecular flexibility index (Phi) is 3.47. The number of hydrogen-bond acceptors (Lipinski definition) is 2. The van der Waals surface area contributed by atoms with Crippen molar-refractivity contribution < 1.29 is 0 Å². The van der Waals surface area contributed by atoms with Gasteiger partial charge in [-0.3, -0.25) is 0 Å². The minimum atomic E-state index is 0.603. The molecule has 0 spiro atoms. The Labute approximate surface area is 108 Å². The van der Waals surface area contributed by atoms with Gasteiger partial charge in [0.1, 0.15) is 17.5 Å². The summed E-state index contributed by atoms with van der Waals surface area (Å²) in [5.41, 5.74) is 3.69. The molecule has 0 saturated heterocycles. The van der Waals surface area contributed by atoms with E-state index in [-0.39, 0.29) is 0 Å². The van der Waals surface area contributed by atoms with Crippen molar-refractivity contribution in [3.05, 3.63) is 41.9 Å². The molecule has 0 atom stereocenters. The van der Waals surface area contributed by atoms with Crippen LogP contribution in [0.5, 0.6) is 0 Å². The summed E-state index contributed by atoms with van der Waals surface area (Å²) in [6.45, 7) is 4.42. The molecule has 1 heterocycles. The van der Waals surface area contributed by atoms with Crippen LogP contribution in [0.3, 0.4) is 0 Å². The van der Waals surface area contributed by atoms with Gasteiger partial charge in [-0.25, -0.2) is 4.98 Å². The van der Waals surface area contributed by atoms with Gasteiger partial charge in [-0.15, -0.1) is 0 Å². The molecule has 0 aliphatic heterocycles. The van der Waals surface area contributed by atoms with Crippen LogP contribution in [-0.4, -0.2) is 9.55 Å². The van der Waals surface area contributed by atoms with Crippen LogP contribution in [0.15, 0.2) is 30.6 Å². The zero-order chi connectivity index (χ0) is 13.1. The highest BCUT2D eigenvalue weighted by Crippen LogP contribution is 2.22. The first kappa shape index (κ1) is 12.4. The molecule has 1 aromatic carbocycles. The van der Waals surface area contributed by atoms with E-state index in [9.17, 15) is 0 Å². The summed E-state index contributed by atoms with van der Waals surface area (Å²) in [6.07, 6.45) is 2.75. The lowest BCUT2D eigenvalue weighted by atomic mass is 10.0. The molecule has 92 valence electrons. The molecule has 0 unspecified atom stereocenters. The first-order valence-corrected chi connectivity index (χ1v) is 6.12. The molecule has 0 N–H and O–H groups in total. The first-order valence-electron chi connectivity index (χ1n) is 6.12. The van der Waals surface area contributed by atoms with Gasteiger partial charge >= 0.3 is 0 Å². The fraction of sp³-hybridized carbons (Fsp3) is 0.333. The average molecular weight is 239 g/mol. The predicted octanol–water partition coefficient (Wildman–Crippen LogP) is 3.16. The lowest BCUT2D eigenvalue weighted by Crippen LogP contribution is -1.94. The van der Waals surface area contributed by atoms with Crippen LogP contribution in [0, 0.1) is 17.2 Å². The van der Waals surface area contributed by atoms with Crippen molar-refractivity contribution in [1.29, 1.82) is 5.26 Å². The lowest BCUT2D eigenvalue weighted by Gasteiger charge is -2.05. The number of aryl methyl sites for hydroxylation is 1. The van der Waals surface area contributed by atoms with Crippen LogP contribution >= 0.6 is 0 Å². The maximum atomic E-state index is 9.11. The van der Waals surface area contributed by atoms with Crippen LogP contribution < -0.4 is 0 Å². The van der Waals surface area contributed by atoms with E-state index >= 15 is 0 Å². The Morgan fingerprint density at radius 3 is 2.50 bits per heavy atom. The van der Waals surface area contributed by atoms with Gasteiger partial charge in [-0.2, -0.15) is 5.26 Å². The van der Waals surface area contributed by atoms with Crippen LogP contribution in [0.4, 0.5) is 0 Å². The fourth-order valence-corrected chi connectivity index (χ4v) is 2.04. The third kappa shape index (κ3) is 2.43. The molecular formula is C15H17N3. The van der Waals surface area contributed by atoms with E-state index in [0.717, 1.165) is 17.7 Å². The largest absolute Gasteiger partial charge is 0.325 e. The molecule has 0 radical (unpaired) electrons. The second-order valence-electron chi connectivity index (χ2n) is 4.96. The van der Waals surface area contributed by atoms with Crippen molar-refractivity contribution in [2.24, 2.45) is 13.0 Å². The monoisotopic (exact) mass is 239 g/mol. The van der Waals surface area contributed by atoms with Crippen molar-refractivity contribution >= 4 is 0 Å². The van der Waals surface area contributed by atoms with Crippen molar-refractivity contribution in [3.8, 4) is 17.3 Å². The highest BCUT2D eigenvalue weighted by Gasteiger charge is 2.10. The zero-order valence-electron chi connectivity index (χ0n) is 11.0. The molecule has 0 aliphatic carbocycles. The smallest absolute Gasteiger partial charge is 0.147 e. The maximum absolute atomic E-state index is 9.11. The number of nitrogens with zero attached hydrogens (tertiary/aromatic N) is 3. The summed E-state index contributed by atoms with van der Waals surface area (Å²) in [6, 6.07) is 10.5. The number of hydrogen-bond donors (Lipinski definition) is 0. The van der Waals surface area contributed by atoms with Gasteiger partial charge in [0.25, 0.3) is 0 Å². The van der Waals surface area contributed by atoms with E-state index in [1.165, 1.54) is 5.56 Å². The van der Waals surface area contributed by atoms with Gasteiger partial charge < -0.3 is 4.57 Å². The lowest BCUT2D eigenvalue weighted by molar-refractivity contribution is 0.647. The summed E-state index contributed by atoms with van der Waals surface area (Å²) < 4.78 is 1.75. The third-order valence-corrected chi connectivity index (χ3v) is 2.91. The Morgan fingerprint density at radius 1 is 1.28 bits per heavy atom. The highest BCUT2D eigenvalue weighted by atomic mass is 15.0. The Hall–Kier alpha value is -2.08. The molecule has 0 bridgehead atoms. The van der Waals surface area contributed by atoms with Crippen LogP contribution in [0.25, 0.3) is 11.3 Å². The van der Waals surface area contributed by atoms with Gasteiger partial charge in [0, 0.05) is 12.6 Å². The summed E-state index contributed by atoms with van der Waals surface area (Å²) in [5, 5.41) is 9.11. The minimum absolute atomic E-state index is 0.603. The van der Waals surface area contributed by atoms with E-state index in [1.54, 1.807) is 10.9 Å². The van der Waals surface area contributed by atoms with Gasteiger partial charge in [-0.05, 0) is 17.9 Å². The van der Waals surface area contributed by atoms with Gasteiger partial charge in [-0.1, -0.05) is 38.1 Å². The summed E-state index contributed by atoms with van der Waals surface area (Å²) in [4.78, 5) is 4.29. The Bertz CT molecular complexity index is 571. The minimum Gasteiger partial charge on any atom is -0.325 e. The van der Waals surface area contributed by atoms with E-state index < -0.39 is 0 Å². The molecule has 2 aromatic rings. The molecule has 3 nitrogen and oxygen atoms in total. The van der Waals surface area contributed by atoms with E-state index in [1.807, 2.05) is 19.2 Å². The molecule has 2 rings (SSSR count). The number of aromatic nitrogens is 2. The van der Waals surface area contributed by atoms with E-state index in [0.29, 0.717) is 11.6 Å². The van der Waals surface area contributed by atoms with Gasteiger partial charge in [0.05, 0.1) is 6.33 Å². The molecule has 0 saturated carbocycles. The second kappa shape index (κ2) is 5.05. The van der Waals surface area contributed by atoms with Gasteiger partial charge in [0.2, 0.25) is 0 Å². The highest BCUT2D eigenvalue weighted by molar-refractivity contribution is 5.65. The van der Waals surface area contributed by atoms with Gasteiger partial charge in [0.15, 0.2) is 0 Å². The summed E-state index contributed by atoms with van der Waals surface area (Å²) in [5.74, 6) is 0.653. The molecule has 0 aliphatic rings. The number of imidazole rings is 1. The first-order chi connectivity index (χ1) is 8.61. The normalized spacial score (nSPS) is 10.6. The molecule has 0 amide bonds. The molecule has 18 heavy (non-hydrogen) atoms. The van der Waals surface area contributed by atoms with Crippen LogP contribution in [-0.2, 0) is 13.5 Å². The van der Waals surface area contributed by atoms with Crippen molar-refractivity contribution in [1.82, 2.24) is 9.55 Å². The zero-order valence-corrected chi connectivity index (χ0v) is 11.0. The SMILES string of the molecule is CC(C)Cc1ccc(-c2ncn(C)c2C#N)cc1. The van der Waals surface area contributed by atoms with Crippen molar-refractivity contribution in [2.45, 2.75) is 20.3 Å². The maximum Gasteiger partial charge on any atom is 0.147 e. The topological polar surface area (TPSA) is 41.6 Å². The number of benzene rings is 1. The van der Waals surface area contributed by atoms with Crippen molar-refractivity contribution in [2.75, 3.05) is 0 Å². The van der Waals surface area contributed by atoms with E-state index in [4.69, 9.17) is 5.26 Å². The van der Waals surface area contributed by atoms with Crippen molar-refractivity contribution in [3.63, 3.8) is 0 Å². The Balaban J connectivity index is 2.32.